The third kappa shape index (κ3) is 4.01. The van der Waals surface area contributed by atoms with Crippen LogP contribution in [0.2, 0.25) is 0 Å². The highest BCUT2D eigenvalue weighted by Crippen LogP contribution is 2.41. The number of nitrogens with zero attached hydrogens (tertiary/aromatic N) is 4. The molecule has 1 aromatic carbocycles. The van der Waals surface area contributed by atoms with Gasteiger partial charge in [0.25, 0.3) is 0 Å². The second kappa shape index (κ2) is 8.02. The zero-order chi connectivity index (χ0) is 19.5. The van der Waals surface area contributed by atoms with Crippen molar-refractivity contribution in [3.8, 4) is 17.1 Å². The lowest BCUT2D eigenvalue weighted by Gasteiger charge is -2.14. The van der Waals surface area contributed by atoms with Crippen LogP contribution in [-0.2, 0) is 4.79 Å². The van der Waals surface area contributed by atoms with E-state index in [0.717, 1.165) is 29.4 Å². The molecule has 1 aliphatic carbocycles. The van der Waals surface area contributed by atoms with Gasteiger partial charge in [0.1, 0.15) is 5.75 Å². The smallest absolute Gasteiger partial charge is 0.237 e. The van der Waals surface area contributed by atoms with Crippen molar-refractivity contribution in [2.45, 2.75) is 36.2 Å². The summed E-state index contributed by atoms with van der Waals surface area (Å²) in [6, 6.07) is 11.6. The third-order valence-corrected chi connectivity index (χ3v) is 5.56. The van der Waals surface area contributed by atoms with E-state index in [1.165, 1.54) is 11.8 Å². The molecule has 0 unspecified atom stereocenters. The number of methoxy groups -OCH3 is 1. The molecule has 4 rings (SSSR count). The SMILES string of the molecule is COc1cccc(NC(=O)[C@H](C)Sc2nnc(-c3ccncc3)n2C2CC2)c1. The second-order valence-electron chi connectivity index (χ2n) is 6.62. The number of benzene rings is 1. The summed E-state index contributed by atoms with van der Waals surface area (Å²) in [5, 5.41) is 12.1. The van der Waals surface area contributed by atoms with Crippen molar-refractivity contribution in [2.24, 2.45) is 0 Å². The van der Waals surface area contributed by atoms with Gasteiger partial charge in [0, 0.05) is 35.8 Å². The highest BCUT2D eigenvalue weighted by molar-refractivity contribution is 8.00. The molecule has 1 fully saturated rings. The molecule has 0 bridgehead atoms. The van der Waals surface area contributed by atoms with E-state index in [-0.39, 0.29) is 11.2 Å². The molecular weight excluding hydrogens is 374 g/mol. The first-order chi connectivity index (χ1) is 13.7. The standard InChI is InChI=1S/C20H21N5O2S/c1-13(19(26)22-15-4-3-5-17(12-15)27-2)28-20-24-23-18(25(20)16-6-7-16)14-8-10-21-11-9-14/h3-5,8-13,16H,6-7H2,1-2H3,(H,22,26)/t13-/m0/s1. The number of rotatable bonds is 7. The van der Waals surface area contributed by atoms with Crippen molar-refractivity contribution >= 4 is 23.4 Å². The van der Waals surface area contributed by atoms with E-state index in [1.54, 1.807) is 25.6 Å². The van der Waals surface area contributed by atoms with Gasteiger partial charge in [-0.2, -0.15) is 0 Å². The van der Waals surface area contributed by atoms with E-state index in [0.29, 0.717) is 17.5 Å². The highest BCUT2D eigenvalue weighted by Gasteiger charge is 2.31. The molecular formula is C20H21N5O2S. The van der Waals surface area contributed by atoms with Gasteiger partial charge in [-0.25, -0.2) is 0 Å². The summed E-state index contributed by atoms with van der Waals surface area (Å²) in [4.78, 5) is 16.7. The number of amides is 1. The fraction of sp³-hybridized carbons (Fsp3) is 0.300. The van der Waals surface area contributed by atoms with Gasteiger partial charge in [-0.15, -0.1) is 10.2 Å². The van der Waals surface area contributed by atoms with E-state index in [4.69, 9.17) is 4.74 Å². The van der Waals surface area contributed by atoms with Crippen LogP contribution in [0.4, 0.5) is 5.69 Å². The average Bonchev–Trinajstić information content (AvgIpc) is 3.48. The lowest BCUT2D eigenvalue weighted by atomic mass is 10.2. The van der Waals surface area contributed by atoms with Crippen LogP contribution in [0.25, 0.3) is 11.4 Å². The molecule has 28 heavy (non-hydrogen) atoms. The Morgan fingerprint density at radius 2 is 2.04 bits per heavy atom. The molecule has 0 saturated heterocycles. The Bertz CT molecular complexity index is 972. The maximum absolute atomic E-state index is 12.7. The lowest BCUT2D eigenvalue weighted by Crippen LogP contribution is -2.23. The van der Waals surface area contributed by atoms with Crippen LogP contribution in [0.3, 0.4) is 0 Å². The predicted octanol–water partition coefficient (Wildman–Crippen LogP) is 3.80. The number of carbonyl (C=O) groups excluding carboxylic acids is 1. The molecule has 7 nitrogen and oxygen atoms in total. The topological polar surface area (TPSA) is 81.9 Å². The molecule has 2 heterocycles. The number of anilines is 1. The van der Waals surface area contributed by atoms with Crippen LogP contribution in [0.15, 0.2) is 53.9 Å². The maximum Gasteiger partial charge on any atom is 0.237 e. The molecule has 1 amide bonds. The van der Waals surface area contributed by atoms with Gasteiger partial charge in [-0.3, -0.25) is 14.3 Å². The first-order valence-electron chi connectivity index (χ1n) is 9.12. The highest BCUT2D eigenvalue weighted by atomic mass is 32.2. The maximum atomic E-state index is 12.7. The Morgan fingerprint density at radius 1 is 1.25 bits per heavy atom. The predicted molar refractivity (Wildman–Crippen MR) is 108 cm³/mol. The minimum absolute atomic E-state index is 0.0888. The molecule has 0 aliphatic heterocycles. The van der Waals surface area contributed by atoms with Gasteiger partial charge >= 0.3 is 0 Å². The normalized spacial score (nSPS) is 14.5. The summed E-state index contributed by atoms with van der Waals surface area (Å²) in [7, 11) is 1.60. The quantitative estimate of drug-likeness (QED) is 0.613. The first kappa shape index (κ1) is 18.5. The molecule has 1 atom stereocenters. The second-order valence-corrected chi connectivity index (χ2v) is 7.93. The summed E-state index contributed by atoms with van der Waals surface area (Å²) in [5.74, 6) is 1.44. The summed E-state index contributed by atoms with van der Waals surface area (Å²) in [6.45, 7) is 1.87. The van der Waals surface area contributed by atoms with Gasteiger partial charge in [0.05, 0.1) is 12.4 Å². The van der Waals surface area contributed by atoms with E-state index < -0.39 is 0 Å². The van der Waals surface area contributed by atoms with Crippen LogP contribution in [0, 0.1) is 0 Å². The van der Waals surface area contributed by atoms with Crippen LogP contribution in [-0.4, -0.2) is 38.0 Å². The van der Waals surface area contributed by atoms with E-state index in [1.807, 2.05) is 37.3 Å². The lowest BCUT2D eigenvalue weighted by molar-refractivity contribution is -0.115. The van der Waals surface area contributed by atoms with Gasteiger partial charge in [0.2, 0.25) is 5.91 Å². The molecule has 3 aromatic rings. The number of hydrogen-bond acceptors (Lipinski definition) is 6. The molecule has 2 aromatic heterocycles. The van der Waals surface area contributed by atoms with Crippen LogP contribution >= 0.6 is 11.8 Å². The molecule has 0 radical (unpaired) electrons. The minimum Gasteiger partial charge on any atom is -0.497 e. The zero-order valence-electron chi connectivity index (χ0n) is 15.7. The van der Waals surface area contributed by atoms with Crippen LogP contribution in [0.5, 0.6) is 5.75 Å². The summed E-state index contributed by atoms with van der Waals surface area (Å²) < 4.78 is 7.35. The number of carbonyl (C=O) groups is 1. The van der Waals surface area contributed by atoms with Crippen molar-refractivity contribution in [1.29, 1.82) is 0 Å². The Morgan fingerprint density at radius 3 is 2.75 bits per heavy atom. The molecule has 1 N–H and O–H groups in total. The Kier molecular flexibility index (Phi) is 5.29. The van der Waals surface area contributed by atoms with E-state index in [9.17, 15) is 4.79 Å². The Balaban J connectivity index is 1.50. The average molecular weight is 395 g/mol. The number of aromatic nitrogens is 4. The van der Waals surface area contributed by atoms with Gasteiger partial charge in [-0.05, 0) is 44.0 Å². The molecule has 144 valence electrons. The minimum atomic E-state index is -0.321. The summed E-state index contributed by atoms with van der Waals surface area (Å²) >= 11 is 1.42. The Labute approximate surface area is 167 Å². The first-order valence-corrected chi connectivity index (χ1v) is 10.0. The van der Waals surface area contributed by atoms with Gasteiger partial charge in [-0.1, -0.05) is 17.8 Å². The monoisotopic (exact) mass is 395 g/mol. The summed E-state index contributed by atoms with van der Waals surface area (Å²) in [5.41, 5.74) is 1.69. The van der Waals surface area contributed by atoms with Gasteiger partial charge in [0.15, 0.2) is 11.0 Å². The van der Waals surface area contributed by atoms with Crippen LogP contribution in [0.1, 0.15) is 25.8 Å². The van der Waals surface area contributed by atoms with E-state index >= 15 is 0 Å². The number of hydrogen-bond donors (Lipinski definition) is 1. The molecule has 0 spiro atoms. The fourth-order valence-corrected chi connectivity index (χ4v) is 3.79. The van der Waals surface area contributed by atoms with Crippen molar-refractivity contribution in [1.82, 2.24) is 19.7 Å². The molecule has 8 heteroatoms. The summed E-state index contributed by atoms with van der Waals surface area (Å²) in [6.07, 6.45) is 5.71. The number of nitrogens with one attached hydrogen (secondary N) is 1. The van der Waals surface area contributed by atoms with Crippen molar-refractivity contribution in [2.75, 3.05) is 12.4 Å². The number of ether oxygens (including phenoxy) is 1. The molecule has 1 aliphatic rings. The van der Waals surface area contributed by atoms with Crippen molar-refractivity contribution < 1.29 is 9.53 Å². The fourth-order valence-electron chi connectivity index (χ4n) is 2.87. The molecule has 1 saturated carbocycles. The van der Waals surface area contributed by atoms with Crippen LogP contribution < -0.4 is 10.1 Å². The Hall–Kier alpha value is -2.87. The number of thioether (sulfide) groups is 1. The van der Waals surface area contributed by atoms with E-state index in [2.05, 4.69) is 25.1 Å². The zero-order valence-corrected chi connectivity index (χ0v) is 16.5. The van der Waals surface area contributed by atoms with Crippen molar-refractivity contribution in [3.05, 3.63) is 48.8 Å². The van der Waals surface area contributed by atoms with Crippen molar-refractivity contribution in [3.63, 3.8) is 0 Å². The number of pyridine rings is 1. The largest absolute Gasteiger partial charge is 0.497 e. The third-order valence-electron chi connectivity index (χ3n) is 4.50. The van der Waals surface area contributed by atoms with Gasteiger partial charge < -0.3 is 10.1 Å².